The SMILES string of the molecule is Cc1cccc(C(CN)(COCC2CC2)C(=O)O)c1. The Kier molecular flexibility index (Phi) is 4.22. The number of rotatable bonds is 7. The third kappa shape index (κ3) is 3.14. The molecular weight excluding hydrogens is 242 g/mol. The first-order valence-corrected chi connectivity index (χ1v) is 6.67. The molecule has 2 rings (SSSR count). The van der Waals surface area contributed by atoms with Crippen LogP contribution in [0.1, 0.15) is 24.0 Å². The van der Waals surface area contributed by atoms with Crippen molar-refractivity contribution in [1.29, 1.82) is 0 Å². The number of ether oxygens (including phenoxy) is 1. The van der Waals surface area contributed by atoms with Crippen molar-refractivity contribution in [2.75, 3.05) is 19.8 Å². The van der Waals surface area contributed by atoms with E-state index in [2.05, 4.69) is 0 Å². The van der Waals surface area contributed by atoms with E-state index in [4.69, 9.17) is 10.5 Å². The van der Waals surface area contributed by atoms with Crippen LogP contribution in [0.3, 0.4) is 0 Å². The molecule has 3 N–H and O–H groups in total. The average Bonchev–Trinajstić information content (AvgIpc) is 3.18. The van der Waals surface area contributed by atoms with E-state index in [9.17, 15) is 9.90 Å². The minimum Gasteiger partial charge on any atom is -0.480 e. The average molecular weight is 263 g/mol. The Labute approximate surface area is 113 Å². The normalized spacial score (nSPS) is 18.0. The number of aliphatic carboxylic acids is 1. The summed E-state index contributed by atoms with van der Waals surface area (Å²) in [7, 11) is 0. The highest BCUT2D eigenvalue weighted by atomic mass is 16.5. The smallest absolute Gasteiger partial charge is 0.317 e. The van der Waals surface area contributed by atoms with Crippen molar-refractivity contribution < 1.29 is 14.6 Å². The lowest BCUT2D eigenvalue weighted by molar-refractivity contribution is -0.146. The minimum absolute atomic E-state index is 0.0381. The topological polar surface area (TPSA) is 72.5 Å². The molecule has 0 spiro atoms. The van der Waals surface area contributed by atoms with Gasteiger partial charge < -0.3 is 15.6 Å². The monoisotopic (exact) mass is 263 g/mol. The lowest BCUT2D eigenvalue weighted by atomic mass is 9.80. The van der Waals surface area contributed by atoms with Crippen molar-refractivity contribution in [1.82, 2.24) is 0 Å². The molecule has 1 unspecified atom stereocenters. The molecule has 0 bridgehead atoms. The molecular formula is C15H21NO3. The number of carboxylic acid groups (broad SMARTS) is 1. The summed E-state index contributed by atoms with van der Waals surface area (Å²) in [6.07, 6.45) is 2.38. The minimum atomic E-state index is -1.14. The van der Waals surface area contributed by atoms with Crippen molar-refractivity contribution in [2.24, 2.45) is 11.7 Å². The van der Waals surface area contributed by atoms with Crippen molar-refractivity contribution in [2.45, 2.75) is 25.2 Å². The summed E-state index contributed by atoms with van der Waals surface area (Å²) in [6, 6.07) is 7.49. The predicted molar refractivity (Wildman–Crippen MR) is 73.1 cm³/mol. The highest BCUT2D eigenvalue weighted by Crippen LogP contribution is 2.30. The van der Waals surface area contributed by atoms with Gasteiger partial charge in [-0.3, -0.25) is 4.79 Å². The van der Waals surface area contributed by atoms with Crippen LogP contribution in [0.15, 0.2) is 24.3 Å². The van der Waals surface area contributed by atoms with Gasteiger partial charge in [0.15, 0.2) is 0 Å². The molecule has 4 nitrogen and oxygen atoms in total. The third-order valence-corrected chi connectivity index (χ3v) is 3.73. The van der Waals surface area contributed by atoms with Crippen LogP contribution in [0, 0.1) is 12.8 Å². The van der Waals surface area contributed by atoms with E-state index in [-0.39, 0.29) is 13.2 Å². The fraction of sp³-hybridized carbons (Fsp3) is 0.533. The first-order valence-electron chi connectivity index (χ1n) is 6.67. The van der Waals surface area contributed by atoms with E-state index >= 15 is 0 Å². The molecule has 0 aliphatic heterocycles. The van der Waals surface area contributed by atoms with E-state index < -0.39 is 11.4 Å². The lowest BCUT2D eigenvalue weighted by Crippen LogP contribution is -2.47. The van der Waals surface area contributed by atoms with Gasteiger partial charge in [-0.15, -0.1) is 0 Å². The van der Waals surface area contributed by atoms with Crippen LogP contribution in [0.4, 0.5) is 0 Å². The number of hydrogen-bond acceptors (Lipinski definition) is 3. The standard InChI is InChI=1S/C15H21NO3/c1-11-3-2-4-13(7-11)15(9-16,14(17)18)10-19-8-12-5-6-12/h2-4,7,12H,5-6,8-10,16H2,1H3,(H,17,18). The Morgan fingerprint density at radius 3 is 2.79 bits per heavy atom. The zero-order valence-corrected chi connectivity index (χ0v) is 11.3. The second-order valence-corrected chi connectivity index (χ2v) is 5.42. The summed E-state index contributed by atoms with van der Waals surface area (Å²) in [5.41, 5.74) is 6.37. The van der Waals surface area contributed by atoms with Crippen LogP contribution in [-0.4, -0.2) is 30.8 Å². The van der Waals surface area contributed by atoms with Gasteiger partial charge in [0.25, 0.3) is 0 Å². The summed E-state index contributed by atoms with van der Waals surface area (Å²) in [5, 5.41) is 9.59. The molecule has 0 amide bonds. The van der Waals surface area contributed by atoms with Gasteiger partial charge in [-0.1, -0.05) is 29.8 Å². The summed E-state index contributed by atoms with van der Waals surface area (Å²) in [5.74, 6) is -0.307. The van der Waals surface area contributed by atoms with E-state index in [1.807, 2.05) is 31.2 Å². The molecule has 4 heteroatoms. The van der Waals surface area contributed by atoms with Crippen LogP contribution < -0.4 is 5.73 Å². The molecule has 0 saturated heterocycles. The number of aryl methyl sites for hydroxylation is 1. The molecule has 1 saturated carbocycles. The van der Waals surface area contributed by atoms with Gasteiger partial charge in [0.1, 0.15) is 5.41 Å². The van der Waals surface area contributed by atoms with Gasteiger partial charge in [0, 0.05) is 13.2 Å². The van der Waals surface area contributed by atoms with Gasteiger partial charge in [-0.2, -0.15) is 0 Å². The van der Waals surface area contributed by atoms with E-state index in [0.717, 1.165) is 11.1 Å². The van der Waals surface area contributed by atoms with E-state index in [1.54, 1.807) is 0 Å². The number of carboxylic acids is 1. The van der Waals surface area contributed by atoms with Crippen molar-refractivity contribution >= 4 is 5.97 Å². The van der Waals surface area contributed by atoms with Gasteiger partial charge in [0.2, 0.25) is 0 Å². The first-order chi connectivity index (χ1) is 9.08. The number of carbonyl (C=O) groups is 1. The molecule has 104 valence electrons. The molecule has 1 fully saturated rings. The maximum atomic E-state index is 11.7. The summed E-state index contributed by atoms with van der Waals surface area (Å²) < 4.78 is 5.61. The number of hydrogen-bond donors (Lipinski definition) is 2. The van der Waals surface area contributed by atoms with Crippen LogP contribution in [0.2, 0.25) is 0 Å². The van der Waals surface area contributed by atoms with Gasteiger partial charge >= 0.3 is 5.97 Å². The Morgan fingerprint density at radius 1 is 1.53 bits per heavy atom. The van der Waals surface area contributed by atoms with E-state index in [0.29, 0.717) is 12.5 Å². The maximum absolute atomic E-state index is 11.7. The van der Waals surface area contributed by atoms with Crippen molar-refractivity contribution in [3.05, 3.63) is 35.4 Å². The molecule has 1 aromatic carbocycles. The van der Waals surface area contributed by atoms with Crippen LogP contribution in [0.5, 0.6) is 0 Å². The molecule has 1 aromatic rings. The van der Waals surface area contributed by atoms with Gasteiger partial charge in [0.05, 0.1) is 6.61 Å². The fourth-order valence-corrected chi connectivity index (χ4v) is 2.16. The summed E-state index contributed by atoms with van der Waals surface area (Å²) in [6.45, 7) is 2.76. The molecule has 1 atom stereocenters. The highest BCUT2D eigenvalue weighted by molar-refractivity contribution is 5.82. The second-order valence-electron chi connectivity index (χ2n) is 5.42. The quantitative estimate of drug-likeness (QED) is 0.785. The zero-order chi connectivity index (χ0) is 13.9. The molecule has 1 aliphatic rings. The first kappa shape index (κ1) is 14.0. The number of benzene rings is 1. The summed E-state index contributed by atoms with van der Waals surface area (Å²) in [4.78, 5) is 11.7. The van der Waals surface area contributed by atoms with Gasteiger partial charge in [-0.05, 0) is 31.2 Å². The van der Waals surface area contributed by atoms with Crippen molar-refractivity contribution in [3.8, 4) is 0 Å². The summed E-state index contributed by atoms with van der Waals surface area (Å²) >= 11 is 0. The molecule has 0 aromatic heterocycles. The fourth-order valence-electron chi connectivity index (χ4n) is 2.16. The lowest BCUT2D eigenvalue weighted by Gasteiger charge is -2.28. The van der Waals surface area contributed by atoms with Crippen LogP contribution in [-0.2, 0) is 14.9 Å². The zero-order valence-electron chi connectivity index (χ0n) is 11.3. The van der Waals surface area contributed by atoms with Crippen LogP contribution in [0.25, 0.3) is 0 Å². The number of nitrogens with two attached hydrogens (primary N) is 1. The predicted octanol–water partition coefficient (Wildman–Crippen LogP) is 1.70. The molecule has 1 aliphatic carbocycles. The molecule has 0 heterocycles. The Morgan fingerprint density at radius 2 is 2.26 bits per heavy atom. The molecule has 19 heavy (non-hydrogen) atoms. The Hall–Kier alpha value is -1.39. The van der Waals surface area contributed by atoms with Gasteiger partial charge in [-0.25, -0.2) is 0 Å². The highest BCUT2D eigenvalue weighted by Gasteiger charge is 2.40. The Bertz CT molecular complexity index is 456. The van der Waals surface area contributed by atoms with Crippen molar-refractivity contribution in [3.63, 3.8) is 0 Å². The Balaban J connectivity index is 2.18. The molecule has 0 radical (unpaired) electrons. The third-order valence-electron chi connectivity index (χ3n) is 3.73. The maximum Gasteiger partial charge on any atom is 0.317 e. The van der Waals surface area contributed by atoms with E-state index in [1.165, 1.54) is 12.8 Å². The second kappa shape index (κ2) is 5.72. The van der Waals surface area contributed by atoms with Crippen LogP contribution >= 0.6 is 0 Å². The largest absolute Gasteiger partial charge is 0.480 e.